The summed E-state index contributed by atoms with van der Waals surface area (Å²) in [4.78, 5) is 36.6. The van der Waals surface area contributed by atoms with E-state index in [1.807, 2.05) is 0 Å². The second-order valence-corrected chi connectivity index (χ2v) is 7.13. The van der Waals surface area contributed by atoms with Crippen molar-refractivity contribution in [2.45, 2.75) is 33.2 Å². The zero-order chi connectivity index (χ0) is 19.6. The van der Waals surface area contributed by atoms with Crippen molar-refractivity contribution >= 4 is 34.9 Å². The minimum absolute atomic E-state index is 0.00552. The number of rotatable bonds is 4. The molecule has 0 aliphatic carbocycles. The third kappa shape index (κ3) is 4.49. The highest BCUT2D eigenvalue weighted by atomic mass is 35.5. The van der Waals surface area contributed by atoms with Crippen molar-refractivity contribution in [2.75, 3.05) is 5.32 Å². The van der Waals surface area contributed by atoms with Gasteiger partial charge in [-0.15, -0.1) is 0 Å². The largest absolute Gasteiger partial charge is 0.458 e. The lowest BCUT2D eigenvalue weighted by Crippen LogP contribution is -2.44. The number of hydrogen-bond acceptors (Lipinski definition) is 4. The molecule has 0 bridgehead atoms. The molecular weight excluding hydrogens is 363 g/mol. The summed E-state index contributed by atoms with van der Waals surface area (Å²) in [6.45, 7) is 6.72. The van der Waals surface area contributed by atoms with Crippen LogP contribution in [0, 0.1) is 12.7 Å². The van der Waals surface area contributed by atoms with Gasteiger partial charge in [-0.05, 0) is 45.9 Å². The molecule has 2 N–H and O–H groups in total. The van der Waals surface area contributed by atoms with E-state index in [1.165, 1.54) is 19.1 Å². The first-order valence-corrected chi connectivity index (χ1v) is 8.08. The molecule has 1 heterocycles. The van der Waals surface area contributed by atoms with Gasteiger partial charge in [-0.1, -0.05) is 11.6 Å². The van der Waals surface area contributed by atoms with E-state index in [0.29, 0.717) is 0 Å². The first-order chi connectivity index (χ1) is 12.0. The van der Waals surface area contributed by atoms with E-state index >= 15 is 0 Å². The van der Waals surface area contributed by atoms with Crippen LogP contribution in [0.4, 0.5) is 10.1 Å². The number of hydrogen-bond donors (Lipinski definition) is 2. The molecule has 0 spiro atoms. The van der Waals surface area contributed by atoms with E-state index in [9.17, 15) is 18.8 Å². The lowest BCUT2D eigenvalue weighted by Gasteiger charge is -2.19. The van der Waals surface area contributed by atoms with Crippen LogP contribution in [0.25, 0.3) is 0 Å². The summed E-state index contributed by atoms with van der Waals surface area (Å²) in [5, 5.41) is 4.90. The van der Waals surface area contributed by atoms with E-state index in [2.05, 4.69) is 10.6 Å². The Bertz CT molecular complexity index is 884. The highest BCUT2D eigenvalue weighted by Crippen LogP contribution is 2.22. The molecule has 8 heteroatoms. The van der Waals surface area contributed by atoms with Crippen molar-refractivity contribution in [3.05, 3.63) is 52.2 Å². The first-order valence-electron chi connectivity index (χ1n) is 7.71. The minimum atomic E-state index is -0.801. The Balaban J connectivity index is 2.19. The third-order valence-electron chi connectivity index (χ3n) is 3.36. The van der Waals surface area contributed by atoms with Crippen LogP contribution in [-0.4, -0.2) is 23.1 Å². The molecule has 0 saturated heterocycles. The molecule has 138 valence electrons. The molecule has 2 rings (SSSR count). The van der Waals surface area contributed by atoms with E-state index in [1.54, 1.807) is 20.8 Å². The maximum Gasteiger partial charge on any atom is 0.292 e. The fourth-order valence-corrected chi connectivity index (χ4v) is 2.33. The molecule has 2 aromatic rings. The lowest BCUT2D eigenvalue weighted by atomic mass is 10.0. The molecule has 26 heavy (non-hydrogen) atoms. The molecule has 1 aromatic carbocycles. The molecule has 2 amide bonds. The predicted octanol–water partition coefficient (Wildman–Crippen LogP) is 3.73. The third-order valence-corrected chi connectivity index (χ3v) is 3.65. The monoisotopic (exact) mass is 380 g/mol. The van der Waals surface area contributed by atoms with Crippen molar-refractivity contribution in [2.24, 2.45) is 0 Å². The van der Waals surface area contributed by atoms with E-state index < -0.39 is 29.0 Å². The van der Waals surface area contributed by atoms with Crippen molar-refractivity contribution in [3.63, 3.8) is 0 Å². The summed E-state index contributed by atoms with van der Waals surface area (Å²) in [7, 11) is 0. The Hall–Kier alpha value is -2.67. The molecule has 1 aromatic heterocycles. The molecule has 6 nitrogen and oxygen atoms in total. The maximum absolute atomic E-state index is 13.2. The fraction of sp³-hybridized carbons (Fsp3) is 0.278. The van der Waals surface area contributed by atoms with Crippen LogP contribution in [-0.2, 0) is 4.79 Å². The van der Waals surface area contributed by atoms with Gasteiger partial charge in [0, 0.05) is 16.8 Å². The number of benzene rings is 1. The number of amides is 2. The molecule has 0 aliphatic heterocycles. The van der Waals surface area contributed by atoms with E-state index in [0.717, 1.165) is 12.3 Å². The number of ketones is 1. The minimum Gasteiger partial charge on any atom is -0.458 e. The molecular formula is C18H18ClFN2O4. The van der Waals surface area contributed by atoms with Crippen molar-refractivity contribution < 1.29 is 23.2 Å². The Morgan fingerprint density at radius 1 is 1.19 bits per heavy atom. The Kier molecular flexibility index (Phi) is 5.51. The number of nitrogens with one attached hydrogen (secondary N) is 2. The van der Waals surface area contributed by atoms with Gasteiger partial charge in [-0.2, -0.15) is 0 Å². The van der Waals surface area contributed by atoms with Gasteiger partial charge in [0.05, 0.1) is 10.6 Å². The van der Waals surface area contributed by atoms with Crippen LogP contribution in [0.3, 0.4) is 0 Å². The van der Waals surface area contributed by atoms with Crippen molar-refractivity contribution in [3.8, 4) is 0 Å². The van der Waals surface area contributed by atoms with E-state index in [4.69, 9.17) is 16.0 Å². The summed E-state index contributed by atoms with van der Waals surface area (Å²) in [5.74, 6) is -2.99. The second kappa shape index (κ2) is 7.29. The lowest BCUT2D eigenvalue weighted by molar-refractivity contribution is -0.118. The highest BCUT2D eigenvalue weighted by molar-refractivity contribution is 6.43. The van der Waals surface area contributed by atoms with Crippen LogP contribution in [0.5, 0.6) is 0 Å². The van der Waals surface area contributed by atoms with Crippen LogP contribution in [0.15, 0.2) is 28.9 Å². The highest BCUT2D eigenvalue weighted by Gasteiger charge is 2.27. The molecule has 0 fully saturated rings. The SMILES string of the molecule is Cc1c(C(=O)C(=O)NC(C)(C)C)coc1C(=O)Nc1ccc(F)c(Cl)c1. The fourth-order valence-electron chi connectivity index (χ4n) is 2.15. The first kappa shape index (κ1) is 19.7. The van der Waals surface area contributed by atoms with Gasteiger partial charge in [0.1, 0.15) is 12.1 Å². The number of furan rings is 1. The Morgan fingerprint density at radius 2 is 1.85 bits per heavy atom. The topological polar surface area (TPSA) is 88.4 Å². The second-order valence-electron chi connectivity index (χ2n) is 6.72. The average molecular weight is 381 g/mol. The normalized spacial score (nSPS) is 11.2. The van der Waals surface area contributed by atoms with Gasteiger partial charge in [0.2, 0.25) is 0 Å². The van der Waals surface area contributed by atoms with Gasteiger partial charge in [0.25, 0.3) is 17.6 Å². The van der Waals surface area contributed by atoms with Crippen LogP contribution in [0.2, 0.25) is 5.02 Å². The number of halogens is 2. The average Bonchev–Trinajstić information content (AvgIpc) is 2.90. The van der Waals surface area contributed by atoms with Crippen LogP contribution in [0.1, 0.15) is 47.2 Å². The number of anilines is 1. The molecule has 0 radical (unpaired) electrons. The summed E-state index contributed by atoms with van der Waals surface area (Å²) in [5.41, 5.74) is -0.0961. The Morgan fingerprint density at radius 3 is 2.42 bits per heavy atom. The zero-order valence-electron chi connectivity index (χ0n) is 14.7. The van der Waals surface area contributed by atoms with E-state index in [-0.39, 0.29) is 27.6 Å². The van der Waals surface area contributed by atoms with Gasteiger partial charge < -0.3 is 15.1 Å². The maximum atomic E-state index is 13.2. The van der Waals surface area contributed by atoms with Gasteiger partial charge >= 0.3 is 0 Å². The van der Waals surface area contributed by atoms with Crippen LogP contribution < -0.4 is 10.6 Å². The van der Waals surface area contributed by atoms with Gasteiger partial charge in [-0.3, -0.25) is 14.4 Å². The number of carbonyl (C=O) groups excluding carboxylic acids is 3. The van der Waals surface area contributed by atoms with Crippen molar-refractivity contribution in [1.29, 1.82) is 0 Å². The molecule has 0 unspecified atom stereocenters. The van der Waals surface area contributed by atoms with Crippen LogP contribution >= 0.6 is 11.6 Å². The predicted molar refractivity (Wildman–Crippen MR) is 95.0 cm³/mol. The molecule has 0 saturated carbocycles. The summed E-state index contributed by atoms with van der Waals surface area (Å²) in [6.07, 6.45) is 1.06. The number of carbonyl (C=O) groups is 3. The van der Waals surface area contributed by atoms with Crippen molar-refractivity contribution in [1.82, 2.24) is 5.32 Å². The number of Topliss-reactive ketones (excluding diaryl/α,β-unsaturated/α-hetero) is 1. The standard InChI is InChI=1S/C18H18ClFN2O4/c1-9-11(14(23)16(24)22-18(2,3)4)8-26-15(9)17(25)21-10-5-6-13(20)12(19)7-10/h5-8H,1-4H3,(H,21,25)(H,22,24). The quantitative estimate of drug-likeness (QED) is 0.624. The molecule has 0 atom stereocenters. The Labute approximate surface area is 154 Å². The van der Waals surface area contributed by atoms with Gasteiger partial charge in [-0.25, -0.2) is 4.39 Å². The summed E-state index contributed by atoms with van der Waals surface area (Å²) in [6, 6.07) is 3.69. The zero-order valence-corrected chi connectivity index (χ0v) is 15.5. The smallest absolute Gasteiger partial charge is 0.292 e. The molecule has 0 aliphatic rings. The summed E-state index contributed by atoms with van der Waals surface area (Å²) < 4.78 is 18.3. The van der Waals surface area contributed by atoms with Gasteiger partial charge in [0.15, 0.2) is 5.76 Å². The summed E-state index contributed by atoms with van der Waals surface area (Å²) >= 11 is 5.67.